The van der Waals surface area contributed by atoms with Crippen molar-refractivity contribution in [2.75, 3.05) is 5.73 Å². The summed E-state index contributed by atoms with van der Waals surface area (Å²) in [6.07, 6.45) is 0. The Morgan fingerprint density at radius 3 is 2.29 bits per heavy atom. The Morgan fingerprint density at radius 1 is 1.24 bits per heavy atom. The van der Waals surface area contributed by atoms with Gasteiger partial charge in [-0.2, -0.15) is 0 Å². The van der Waals surface area contributed by atoms with Crippen molar-refractivity contribution < 1.29 is 14.8 Å². The van der Waals surface area contributed by atoms with Gasteiger partial charge in [0.05, 0.1) is 11.2 Å². The van der Waals surface area contributed by atoms with E-state index < -0.39 is 18.3 Å². The second-order valence-electron chi connectivity index (χ2n) is 5.21. The Hall–Kier alpha value is -1.04. The minimum atomic E-state index is -1.11. The minimum absolute atomic E-state index is 0.561. The molecule has 0 aliphatic rings. The van der Waals surface area contributed by atoms with Gasteiger partial charge in [0.1, 0.15) is 0 Å². The van der Waals surface area contributed by atoms with Crippen LogP contribution in [0.4, 0.5) is 5.69 Å². The largest absolute Gasteiger partial charge is 0.491 e. The lowest BCUT2D eigenvalue weighted by Gasteiger charge is -2.38. The lowest BCUT2D eigenvalue weighted by molar-refractivity contribution is -0.0982. The summed E-state index contributed by atoms with van der Waals surface area (Å²) >= 11 is 0. The molecule has 0 fully saturated rings. The fourth-order valence-electron chi connectivity index (χ4n) is 1.20. The van der Waals surface area contributed by atoms with E-state index in [2.05, 4.69) is 0 Å². The van der Waals surface area contributed by atoms with Crippen LogP contribution in [0.2, 0.25) is 0 Å². The summed E-state index contributed by atoms with van der Waals surface area (Å²) < 4.78 is 5.49. The number of anilines is 1. The molecule has 0 saturated carbocycles. The molecule has 0 aliphatic heterocycles. The van der Waals surface area contributed by atoms with E-state index in [1.807, 2.05) is 0 Å². The van der Waals surface area contributed by atoms with Crippen LogP contribution in [-0.2, 0) is 4.65 Å². The lowest BCUT2D eigenvalue weighted by atomic mass is 9.76. The van der Waals surface area contributed by atoms with Gasteiger partial charge in [0.2, 0.25) is 0 Å². The van der Waals surface area contributed by atoms with Gasteiger partial charge in [0, 0.05) is 5.69 Å². The summed E-state index contributed by atoms with van der Waals surface area (Å²) in [6, 6.07) is 6.85. The van der Waals surface area contributed by atoms with Crippen molar-refractivity contribution in [1.82, 2.24) is 0 Å². The van der Waals surface area contributed by atoms with Crippen LogP contribution >= 0.6 is 0 Å². The molecule has 0 heterocycles. The highest BCUT2D eigenvalue weighted by Crippen LogP contribution is 2.25. The Balaban J connectivity index is 2.83. The first kappa shape index (κ1) is 14.0. The number of hydrogen-bond donors (Lipinski definition) is 3. The van der Waals surface area contributed by atoms with Crippen molar-refractivity contribution in [2.24, 2.45) is 0 Å². The van der Waals surface area contributed by atoms with Gasteiger partial charge >= 0.3 is 7.12 Å². The highest BCUT2D eigenvalue weighted by atomic mass is 16.5. The van der Waals surface area contributed by atoms with Gasteiger partial charge < -0.3 is 20.5 Å². The summed E-state index contributed by atoms with van der Waals surface area (Å²) in [5, 5.41) is 19.9. The average Bonchev–Trinajstić information content (AvgIpc) is 2.15. The monoisotopic (exact) mass is 237 g/mol. The summed E-state index contributed by atoms with van der Waals surface area (Å²) in [5.41, 5.74) is 4.82. The molecule has 0 unspecified atom stereocenters. The number of aliphatic hydroxyl groups is 1. The third kappa shape index (κ3) is 3.46. The first-order valence-electron chi connectivity index (χ1n) is 5.57. The van der Waals surface area contributed by atoms with Crippen LogP contribution in [0.25, 0.3) is 0 Å². The van der Waals surface area contributed by atoms with E-state index >= 15 is 0 Å². The van der Waals surface area contributed by atoms with Crippen LogP contribution in [0.1, 0.15) is 27.7 Å². The topological polar surface area (TPSA) is 75.7 Å². The molecule has 0 amide bonds. The lowest BCUT2D eigenvalue weighted by Crippen LogP contribution is -2.53. The molecule has 0 aliphatic carbocycles. The molecule has 17 heavy (non-hydrogen) atoms. The van der Waals surface area contributed by atoms with E-state index in [1.54, 1.807) is 52.0 Å². The predicted molar refractivity (Wildman–Crippen MR) is 69.9 cm³/mol. The van der Waals surface area contributed by atoms with Gasteiger partial charge in [-0.25, -0.2) is 0 Å². The van der Waals surface area contributed by atoms with E-state index in [1.165, 1.54) is 0 Å². The summed E-state index contributed by atoms with van der Waals surface area (Å²) in [4.78, 5) is 0. The number of benzene rings is 1. The number of rotatable bonds is 4. The SMILES string of the molecule is CC(C)(O)C(C)(C)OB(O)c1cccc(N)c1. The van der Waals surface area contributed by atoms with Crippen molar-refractivity contribution >= 4 is 18.3 Å². The zero-order chi connectivity index (χ0) is 13.3. The fraction of sp³-hybridized carbons (Fsp3) is 0.500. The van der Waals surface area contributed by atoms with E-state index in [-0.39, 0.29) is 0 Å². The van der Waals surface area contributed by atoms with E-state index in [0.717, 1.165) is 0 Å². The summed E-state index contributed by atoms with van der Waals surface area (Å²) in [5.74, 6) is 0. The predicted octanol–water partition coefficient (Wildman–Crippen LogP) is 0.522. The van der Waals surface area contributed by atoms with Crippen molar-refractivity contribution in [2.45, 2.75) is 38.9 Å². The highest BCUT2D eigenvalue weighted by molar-refractivity contribution is 6.60. The van der Waals surface area contributed by atoms with Crippen molar-refractivity contribution in [3.05, 3.63) is 24.3 Å². The molecule has 1 aromatic carbocycles. The van der Waals surface area contributed by atoms with Gasteiger partial charge in [-0.05, 0) is 45.3 Å². The first-order chi connectivity index (χ1) is 7.63. The maximum Gasteiger partial charge on any atom is 0.491 e. The molecular formula is C12H20BNO3. The van der Waals surface area contributed by atoms with Gasteiger partial charge in [0.15, 0.2) is 0 Å². The van der Waals surface area contributed by atoms with Crippen LogP contribution in [0.3, 0.4) is 0 Å². The first-order valence-corrected chi connectivity index (χ1v) is 5.57. The van der Waals surface area contributed by atoms with Gasteiger partial charge in [-0.3, -0.25) is 0 Å². The second kappa shape index (κ2) is 4.68. The van der Waals surface area contributed by atoms with E-state index in [4.69, 9.17) is 10.4 Å². The van der Waals surface area contributed by atoms with E-state index in [9.17, 15) is 10.1 Å². The maximum absolute atomic E-state index is 9.96. The molecule has 1 aromatic rings. The van der Waals surface area contributed by atoms with Crippen LogP contribution in [0.5, 0.6) is 0 Å². The van der Waals surface area contributed by atoms with Crippen LogP contribution in [0.15, 0.2) is 24.3 Å². The van der Waals surface area contributed by atoms with Gasteiger partial charge in [-0.15, -0.1) is 0 Å². The highest BCUT2D eigenvalue weighted by Gasteiger charge is 2.39. The quantitative estimate of drug-likeness (QED) is 0.527. The van der Waals surface area contributed by atoms with Gasteiger partial charge in [-0.1, -0.05) is 12.1 Å². The Bertz CT molecular complexity index is 388. The maximum atomic E-state index is 9.96. The fourth-order valence-corrected chi connectivity index (χ4v) is 1.20. The van der Waals surface area contributed by atoms with Crippen LogP contribution in [-0.4, -0.2) is 28.5 Å². The molecule has 94 valence electrons. The summed E-state index contributed by atoms with van der Waals surface area (Å²) in [7, 11) is -1.11. The van der Waals surface area contributed by atoms with E-state index in [0.29, 0.717) is 11.2 Å². The average molecular weight is 237 g/mol. The molecule has 0 saturated heterocycles. The number of nitrogen functional groups attached to an aromatic ring is 1. The summed E-state index contributed by atoms with van der Waals surface area (Å²) in [6.45, 7) is 6.73. The molecule has 0 spiro atoms. The molecule has 0 atom stereocenters. The molecule has 4 nitrogen and oxygen atoms in total. The number of nitrogens with two attached hydrogens (primary N) is 1. The standard InChI is InChI=1S/C12H20BNO3/c1-11(2,15)12(3,4)17-13(16)9-6-5-7-10(14)8-9/h5-8,15-16H,14H2,1-4H3. The molecule has 1 rings (SSSR count). The molecule has 5 heteroatoms. The third-order valence-electron chi connectivity index (χ3n) is 3.08. The Labute approximate surface area is 103 Å². The molecule has 0 radical (unpaired) electrons. The van der Waals surface area contributed by atoms with Crippen molar-refractivity contribution in [1.29, 1.82) is 0 Å². The molecule has 0 bridgehead atoms. The van der Waals surface area contributed by atoms with Crippen molar-refractivity contribution in [3.8, 4) is 0 Å². The molecular weight excluding hydrogens is 217 g/mol. The molecule has 0 aromatic heterocycles. The minimum Gasteiger partial charge on any atom is -0.423 e. The second-order valence-corrected chi connectivity index (χ2v) is 5.21. The zero-order valence-corrected chi connectivity index (χ0v) is 10.8. The van der Waals surface area contributed by atoms with Gasteiger partial charge in [0.25, 0.3) is 0 Å². The Kier molecular flexibility index (Phi) is 3.86. The Morgan fingerprint density at radius 2 is 1.82 bits per heavy atom. The molecule has 4 N–H and O–H groups in total. The smallest absolute Gasteiger partial charge is 0.423 e. The third-order valence-corrected chi connectivity index (χ3v) is 3.08. The zero-order valence-electron chi connectivity index (χ0n) is 10.8. The van der Waals surface area contributed by atoms with Crippen molar-refractivity contribution in [3.63, 3.8) is 0 Å². The van der Waals surface area contributed by atoms with Crippen LogP contribution in [0, 0.1) is 0 Å². The normalized spacial score (nSPS) is 12.6. The number of hydrogen-bond acceptors (Lipinski definition) is 4. The van der Waals surface area contributed by atoms with Crippen LogP contribution < -0.4 is 11.2 Å².